The summed E-state index contributed by atoms with van der Waals surface area (Å²) >= 11 is 0. The van der Waals surface area contributed by atoms with Crippen LogP contribution in [0.4, 0.5) is 13.2 Å². The molecule has 12 aromatic rings. The lowest BCUT2D eigenvalue weighted by Gasteiger charge is -2.29. The molecule has 296 valence electrons. The number of fused-ring (bicyclic) bond motifs is 12. The van der Waals surface area contributed by atoms with Crippen LogP contribution in [-0.4, -0.2) is 18.3 Å². The molecule has 1 aliphatic carbocycles. The normalized spacial score (nSPS) is 13.2. The first-order valence-electron chi connectivity index (χ1n) is 21.0. The highest BCUT2D eigenvalue weighted by atomic mass is 19.4. The molecule has 0 aliphatic heterocycles. The molecule has 0 N–H and O–H groups in total. The van der Waals surface area contributed by atoms with Crippen molar-refractivity contribution in [2.45, 2.75) is 19.0 Å². The second kappa shape index (κ2) is 12.9. The average Bonchev–Trinajstić information content (AvgIpc) is 4.03. The van der Waals surface area contributed by atoms with Crippen LogP contribution in [0.25, 0.3) is 105 Å². The lowest BCUT2D eigenvalue weighted by Crippen LogP contribution is -2.21. The van der Waals surface area contributed by atoms with Crippen LogP contribution in [-0.2, 0) is 12.6 Å². The van der Waals surface area contributed by atoms with Gasteiger partial charge in [-0.25, -0.2) is 0 Å². The van der Waals surface area contributed by atoms with Gasteiger partial charge < -0.3 is 18.3 Å². The van der Waals surface area contributed by atoms with Gasteiger partial charge in [0.15, 0.2) is 0 Å². The highest BCUT2D eigenvalue weighted by Gasteiger charge is 2.43. The molecular weight excluding hydrogens is 774 g/mol. The van der Waals surface area contributed by atoms with Crippen molar-refractivity contribution in [2.24, 2.45) is 0 Å². The molecule has 4 aromatic heterocycles. The fourth-order valence-electron chi connectivity index (χ4n) is 10.7. The summed E-state index contributed by atoms with van der Waals surface area (Å²) in [6, 6.07) is 57.8. The number of halogens is 3. The van der Waals surface area contributed by atoms with E-state index in [-0.39, 0.29) is 11.4 Å². The van der Waals surface area contributed by atoms with Crippen molar-refractivity contribution in [2.75, 3.05) is 0 Å². The summed E-state index contributed by atoms with van der Waals surface area (Å²) in [5, 5.41) is 6.57. The maximum atomic E-state index is 17.6. The number of para-hydroxylation sites is 7. The van der Waals surface area contributed by atoms with E-state index in [2.05, 4.69) is 45.5 Å². The Bertz CT molecular complexity index is 3710. The number of allylic oxidation sites excluding steroid dienone is 1. The zero-order valence-corrected chi connectivity index (χ0v) is 33.2. The van der Waals surface area contributed by atoms with Crippen molar-refractivity contribution >= 4 is 82.4 Å². The molecule has 0 amide bonds. The van der Waals surface area contributed by atoms with E-state index in [0.717, 1.165) is 89.4 Å². The molecule has 8 aromatic carbocycles. The number of rotatable bonds is 4. The van der Waals surface area contributed by atoms with Crippen molar-refractivity contribution in [1.29, 1.82) is 0 Å². The monoisotopic (exact) mass is 808 g/mol. The second-order valence-corrected chi connectivity index (χ2v) is 16.3. The Morgan fingerprint density at radius 1 is 0.371 bits per heavy atom. The summed E-state index contributed by atoms with van der Waals surface area (Å²) < 4.78 is 60.6. The Morgan fingerprint density at radius 2 is 0.694 bits per heavy atom. The summed E-state index contributed by atoms with van der Waals surface area (Å²) in [4.78, 5) is 0. The minimum atomic E-state index is -4.87. The summed E-state index contributed by atoms with van der Waals surface area (Å²) in [6.07, 6.45) is 0.786. The van der Waals surface area contributed by atoms with E-state index in [1.165, 1.54) is 0 Å². The fourth-order valence-corrected chi connectivity index (χ4v) is 10.7. The molecule has 0 saturated heterocycles. The Labute approximate surface area is 353 Å². The second-order valence-electron chi connectivity index (χ2n) is 16.3. The molecule has 0 spiro atoms. The Kier molecular flexibility index (Phi) is 7.27. The third-order valence-corrected chi connectivity index (χ3v) is 13.0. The number of benzene rings is 8. The van der Waals surface area contributed by atoms with E-state index >= 15 is 13.2 Å². The van der Waals surface area contributed by atoms with Gasteiger partial charge in [-0.1, -0.05) is 133 Å². The number of aryl methyl sites for hydroxylation is 1. The van der Waals surface area contributed by atoms with Crippen LogP contribution in [0.1, 0.15) is 23.2 Å². The van der Waals surface area contributed by atoms with Gasteiger partial charge in [-0.05, 0) is 73.0 Å². The van der Waals surface area contributed by atoms with Gasteiger partial charge in [0.25, 0.3) is 0 Å². The summed E-state index contributed by atoms with van der Waals surface area (Å²) in [5.74, 6) is 0. The molecular formula is C55H35F3N4. The molecule has 0 saturated carbocycles. The number of alkyl halides is 3. The van der Waals surface area contributed by atoms with Crippen molar-refractivity contribution in [3.05, 3.63) is 199 Å². The molecule has 4 nitrogen and oxygen atoms in total. The molecule has 62 heavy (non-hydrogen) atoms. The SMILES string of the molecule is FC(F)(F)c1c(-n2c3c(c4ccccc42)CCC=C3)c(-n2c3ccccc3c3ccccc32)cc(-n2c3ccccc3c3ccccc32)c1-n1c2ccccc2c2ccccc21. The van der Waals surface area contributed by atoms with Crippen LogP contribution in [0.5, 0.6) is 0 Å². The number of aromatic nitrogens is 4. The predicted octanol–water partition coefficient (Wildman–Crippen LogP) is 14.9. The molecule has 0 unspecified atom stereocenters. The Hall–Kier alpha value is -7.77. The van der Waals surface area contributed by atoms with Gasteiger partial charge >= 0.3 is 6.18 Å². The van der Waals surface area contributed by atoms with Crippen molar-refractivity contribution in [3.8, 4) is 22.7 Å². The minimum absolute atomic E-state index is 0.0623. The van der Waals surface area contributed by atoms with E-state index in [1.807, 2.05) is 161 Å². The van der Waals surface area contributed by atoms with Crippen molar-refractivity contribution in [1.82, 2.24) is 18.3 Å². The number of hydrogen-bond donors (Lipinski definition) is 0. The summed E-state index contributed by atoms with van der Waals surface area (Å²) in [6.45, 7) is 0. The number of hydrogen-bond acceptors (Lipinski definition) is 0. The van der Waals surface area contributed by atoms with Gasteiger partial charge in [0.1, 0.15) is 5.56 Å². The Balaban J connectivity index is 1.36. The van der Waals surface area contributed by atoms with Gasteiger partial charge in [-0.3, -0.25) is 0 Å². The lowest BCUT2D eigenvalue weighted by atomic mass is 10.0. The van der Waals surface area contributed by atoms with E-state index in [1.54, 1.807) is 0 Å². The summed E-state index contributed by atoms with van der Waals surface area (Å²) in [5.41, 5.74) is 7.47. The van der Waals surface area contributed by atoms with Crippen LogP contribution in [0, 0.1) is 0 Å². The molecule has 13 rings (SSSR count). The number of nitrogens with zero attached hydrogens (tertiary/aromatic N) is 4. The van der Waals surface area contributed by atoms with E-state index in [4.69, 9.17) is 0 Å². The van der Waals surface area contributed by atoms with Crippen LogP contribution in [0.2, 0.25) is 0 Å². The molecule has 0 atom stereocenters. The van der Waals surface area contributed by atoms with E-state index < -0.39 is 11.7 Å². The topological polar surface area (TPSA) is 19.7 Å². The zero-order chi connectivity index (χ0) is 41.3. The highest BCUT2D eigenvalue weighted by Crippen LogP contribution is 2.51. The minimum Gasteiger partial charge on any atom is -0.307 e. The lowest BCUT2D eigenvalue weighted by molar-refractivity contribution is -0.137. The van der Waals surface area contributed by atoms with Crippen molar-refractivity contribution < 1.29 is 13.2 Å². The highest BCUT2D eigenvalue weighted by molar-refractivity contribution is 6.13. The molecule has 1 aliphatic rings. The van der Waals surface area contributed by atoms with Gasteiger partial charge in [0, 0.05) is 43.4 Å². The molecule has 0 radical (unpaired) electrons. The quantitative estimate of drug-likeness (QED) is 0.169. The van der Waals surface area contributed by atoms with E-state index in [9.17, 15) is 0 Å². The average molecular weight is 809 g/mol. The van der Waals surface area contributed by atoms with E-state index in [0.29, 0.717) is 22.4 Å². The van der Waals surface area contributed by atoms with Crippen LogP contribution < -0.4 is 0 Å². The maximum absolute atomic E-state index is 17.6. The molecule has 0 bridgehead atoms. The first-order valence-corrected chi connectivity index (χ1v) is 21.0. The van der Waals surface area contributed by atoms with Gasteiger partial charge in [0.2, 0.25) is 0 Å². The van der Waals surface area contributed by atoms with Crippen LogP contribution in [0.3, 0.4) is 0 Å². The Morgan fingerprint density at radius 3 is 1.08 bits per heavy atom. The molecule has 0 fully saturated rings. The summed E-state index contributed by atoms with van der Waals surface area (Å²) in [7, 11) is 0. The largest absolute Gasteiger partial charge is 0.420 e. The molecule has 7 heteroatoms. The van der Waals surface area contributed by atoms with Gasteiger partial charge in [-0.15, -0.1) is 0 Å². The maximum Gasteiger partial charge on any atom is 0.420 e. The third-order valence-electron chi connectivity index (χ3n) is 13.0. The smallest absolute Gasteiger partial charge is 0.307 e. The third kappa shape index (κ3) is 4.73. The first-order chi connectivity index (χ1) is 30.5. The van der Waals surface area contributed by atoms with Crippen LogP contribution in [0.15, 0.2) is 182 Å². The fraction of sp³-hybridized carbons (Fsp3) is 0.0545. The predicted molar refractivity (Wildman–Crippen MR) is 249 cm³/mol. The zero-order valence-electron chi connectivity index (χ0n) is 33.2. The van der Waals surface area contributed by atoms with Crippen molar-refractivity contribution in [3.63, 3.8) is 0 Å². The van der Waals surface area contributed by atoms with Gasteiger partial charge in [-0.2, -0.15) is 13.2 Å². The first kappa shape index (κ1) is 35.0. The standard InChI is InChI=1S/C55H35F3N4/c56-55(57,58)52-53(61-46-29-13-5-21-38(46)39-22-6-14-30-47(39)61)50(59-42-25-9-1-17-34(42)35-18-2-10-26-43(35)59)33-51(60-44-27-11-3-19-36(44)37-20-4-12-28-45(37)60)54(52)62-48-31-15-7-23-40(48)41-24-8-16-32-49(41)62/h1-7,9-23,25-33H,8,24H2. The molecule has 4 heterocycles. The van der Waals surface area contributed by atoms with Crippen LogP contribution >= 0.6 is 0 Å². The van der Waals surface area contributed by atoms with Gasteiger partial charge in [0.05, 0.1) is 61.4 Å².